The Kier molecular flexibility index (Phi) is 13.8. The fraction of sp³-hybridized carbons (Fsp3) is 0.633. The van der Waals surface area contributed by atoms with E-state index in [1.54, 1.807) is 0 Å². The Labute approximate surface area is 340 Å². The first-order chi connectivity index (χ1) is 27.0. The van der Waals surface area contributed by atoms with Gasteiger partial charge >= 0.3 is 15.6 Å². The van der Waals surface area contributed by atoms with Crippen molar-refractivity contribution in [1.29, 1.82) is 0 Å². The van der Waals surface area contributed by atoms with Crippen LogP contribution in [0.3, 0.4) is 0 Å². The van der Waals surface area contributed by atoms with Gasteiger partial charge in [-0.05, 0) is 51.2 Å². The number of amides is 1. The van der Waals surface area contributed by atoms with Crippen LogP contribution < -0.4 is 28.0 Å². The van der Waals surface area contributed by atoms with E-state index in [-0.39, 0.29) is 46.9 Å². The minimum atomic E-state index is -5.48. The largest absolute Gasteiger partial charge is 1.00 e. The highest BCUT2D eigenvalue weighted by atomic mass is 35.5. The highest BCUT2D eigenvalue weighted by Gasteiger charge is 2.51. The molecule has 3 aromatic rings. The number of aliphatic hydroxyl groups excluding tert-OH is 4. The third-order valence-corrected chi connectivity index (χ3v) is 12.5. The number of phosphoric ester groups is 2. The number of imidazole rings is 1. The van der Waals surface area contributed by atoms with E-state index in [1.165, 1.54) is 40.0 Å². The van der Waals surface area contributed by atoms with Gasteiger partial charge in [0.15, 0.2) is 41.7 Å². The van der Waals surface area contributed by atoms with Crippen molar-refractivity contribution in [1.82, 2.24) is 24.6 Å². The van der Waals surface area contributed by atoms with Gasteiger partial charge in [-0.3, -0.25) is 18.4 Å². The number of pyridine rings is 1. The zero-order valence-electron chi connectivity index (χ0n) is 31.6. The summed E-state index contributed by atoms with van der Waals surface area (Å²) in [4.78, 5) is 47.4. The monoisotopic (exact) mass is 894 g/mol. The number of aromatic nitrogens is 5. The number of hydrogen-bond donors (Lipinski definition) is 8. The number of carbonyl (C=O) groups is 1. The van der Waals surface area contributed by atoms with Crippen molar-refractivity contribution < 1.29 is 89.2 Å². The predicted octanol–water partition coefficient (Wildman–Crippen LogP) is -2.87. The van der Waals surface area contributed by atoms with Crippen molar-refractivity contribution in [2.45, 2.75) is 107 Å². The number of phosphoric acid groups is 2. The van der Waals surface area contributed by atoms with E-state index in [0.717, 1.165) is 5.06 Å². The average molecular weight is 895 g/mol. The Balaban J connectivity index is 0.00000661. The van der Waals surface area contributed by atoms with Crippen molar-refractivity contribution in [3.05, 3.63) is 46.9 Å². The van der Waals surface area contributed by atoms with Gasteiger partial charge in [0.2, 0.25) is 11.9 Å². The number of fused-ring (bicyclic) bond motifs is 1. The molecule has 59 heavy (non-hydrogen) atoms. The Hall–Kier alpha value is -3.49. The third-order valence-electron chi connectivity index (χ3n) is 9.87. The lowest BCUT2D eigenvalue weighted by atomic mass is 9.79. The van der Waals surface area contributed by atoms with Gasteiger partial charge < -0.3 is 63.1 Å². The number of azide groups is 1. The highest BCUT2D eigenvalue weighted by molar-refractivity contribution is 7.61. The molecule has 29 heteroatoms. The second-order valence-electron chi connectivity index (χ2n) is 15.2. The van der Waals surface area contributed by atoms with Crippen LogP contribution in [0.25, 0.3) is 21.6 Å². The number of aliphatic hydroxyl groups is 4. The van der Waals surface area contributed by atoms with Crippen LogP contribution in [0.4, 0.5) is 11.8 Å². The van der Waals surface area contributed by atoms with Crippen molar-refractivity contribution in [2.75, 3.05) is 18.5 Å². The summed E-state index contributed by atoms with van der Waals surface area (Å²) in [7, 11) is -10.9. The van der Waals surface area contributed by atoms with Crippen molar-refractivity contribution in [3.63, 3.8) is 0 Å². The van der Waals surface area contributed by atoms with E-state index in [4.69, 9.17) is 29.8 Å². The van der Waals surface area contributed by atoms with E-state index < -0.39 is 94.9 Å². The SMILES string of the molecule is CC1(C)CC(Nc2nc(N=[N+]=[N-])nc3c2ncn3[C@@H]2O[C@H](COP(=O)(O)OP(=O)(O)OC[C@H]3O[C@@H]([n+]4ccc(C(N)=O)cc4)[C@H](O)[C@@H]3O)[C@@H](O)[C@H]2O)CC(C)(C)N1[O].[Cl-]. The number of nitrogens with two attached hydrogens (primary N) is 1. The van der Waals surface area contributed by atoms with E-state index in [9.17, 15) is 49.3 Å². The van der Waals surface area contributed by atoms with Crippen molar-refractivity contribution in [3.8, 4) is 0 Å². The zero-order chi connectivity index (χ0) is 42.5. The van der Waals surface area contributed by atoms with Crippen LogP contribution in [0.5, 0.6) is 0 Å². The fourth-order valence-electron chi connectivity index (χ4n) is 7.33. The minimum Gasteiger partial charge on any atom is -1.00 e. The van der Waals surface area contributed by atoms with Gasteiger partial charge in [-0.1, -0.05) is 0 Å². The number of nitrogens with one attached hydrogen (secondary N) is 1. The van der Waals surface area contributed by atoms with E-state index in [1.807, 2.05) is 27.7 Å². The number of hydroxylamine groups is 2. The first-order valence-corrected chi connectivity index (χ1v) is 20.5. The number of nitrogens with zero attached hydrogens (tertiary/aromatic N) is 9. The normalized spacial score (nSPS) is 30.2. The summed E-state index contributed by atoms with van der Waals surface area (Å²) in [5.74, 6) is -0.900. The summed E-state index contributed by atoms with van der Waals surface area (Å²) in [6.07, 6.45) is -7.73. The molecule has 325 valence electrons. The lowest BCUT2D eigenvalue weighted by Gasteiger charge is -2.50. The molecule has 0 spiro atoms. The lowest BCUT2D eigenvalue weighted by Crippen LogP contribution is -3.00. The Morgan fingerprint density at radius 1 is 1.00 bits per heavy atom. The maximum Gasteiger partial charge on any atom is 0.481 e. The van der Waals surface area contributed by atoms with Crippen molar-refractivity contribution in [2.24, 2.45) is 10.8 Å². The zero-order valence-corrected chi connectivity index (χ0v) is 34.2. The van der Waals surface area contributed by atoms with Crippen LogP contribution >= 0.6 is 15.6 Å². The number of anilines is 1. The number of carbonyl (C=O) groups excluding carboxylic acids is 1. The number of ether oxygens (including phenoxy) is 2. The average Bonchev–Trinajstić information content (AvgIpc) is 3.77. The van der Waals surface area contributed by atoms with Gasteiger partial charge in [0.1, 0.15) is 30.5 Å². The molecular weight excluding hydrogens is 852 g/mol. The Morgan fingerprint density at radius 2 is 1.56 bits per heavy atom. The number of halogens is 1. The Bertz CT molecular complexity index is 2150. The molecule has 3 saturated heterocycles. The summed E-state index contributed by atoms with van der Waals surface area (Å²) >= 11 is 0. The molecule has 0 aromatic carbocycles. The molecule has 6 rings (SSSR count). The summed E-state index contributed by atoms with van der Waals surface area (Å²) < 4.78 is 53.0. The molecule has 9 N–H and O–H groups in total. The summed E-state index contributed by atoms with van der Waals surface area (Å²) in [6, 6.07) is 2.37. The second kappa shape index (κ2) is 17.5. The van der Waals surface area contributed by atoms with E-state index in [0.29, 0.717) is 12.8 Å². The molecule has 6 heterocycles. The Morgan fingerprint density at radius 3 is 2.12 bits per heavy atom. The molecule has 0 aliphatic carbocycles. The molecule has 2 unspecified atom stereocenters. The molecule has 3 aliphatic heterocycles. The maximum atomic E-state index is 12.9. The maximum absolute atomic E-state index is 12.9. The van der Waals surface area contributed by atoms with Gasteiger partial charge in [-0.15, -0.1) is 10.3 Å². The topological polar surface area (TPSA) is 376 Å². The van der Waals surface area contributed by atoms with Crippen LogP contribution in [0.1, 0.15) is 63.4 Å². The predicted molar refractivity (Wildman–Crippen MR) is 191 cm³/mol. The summed E-state index contributed by atoms with van der Waals surface area (Å²) in [5.41, 5.74) is 13.1. The fourth-order valence-corrected chi connectivity index (χ4v) is 9.42. The molecule has 1 amide bonds. The standard InChI is InChI=1S/C30H42N11O15P2.ClH/c1-29(2)9-15(10-30(3,4)41(29)47)34-24-18-25(36-28(35-24)37-38-32)40(13-33-18)27-22(45)20(43)17(55-27)12-53-58(50,51)56-57(48,49)52-11-16-19(42)21(44)26(54-16)39-7-5-14(6-8-39)23(31)46;/h5-8,13,15-17,19-22,26-27,42-45H,9-12H2,1-4H3,(H4-,31,34,35,36,46,48,49,50,51);1H/t16-,17-,19-,20-,21-,22-,26-,27-;/m1./s1. The van der Waals surface area contributed by atoms with Gasteiger partial charge in [-0.2, -0.15) is 8.88 Å². The number of rotatable bonds is 14. The van der Waals surface area contributed by atoms with E-state index >= 15 is 0 Å². The summed E-state index contributed by atoms with van der Waals surface area (Å²) in [5, 5.41) is 63.4. The molecule has 1 radical (unpaired) electrons. The molecule has 3 fully saturated rings. The van der Waals surface area contributed by atoms with Crippen LogP contribution in [0.15, 0.2) is 36.0 Å². The van der Waals surface area contributed by atoms with Gasteiger partial charge in [0, 0.05) is 34.2 Å². The molecule has 0 bridgehead atoms. The van der Waals surface area contributed by atoms with Crippen LogP contribution in [-0.4, -0.2) is 128 Å². The van der Waals surface area contributed by atoms with Gasteiger partial charge in [0.05, 0.1) is 25.1 Å². The third kappa shape index (κ3) is 10.0. The molecule has 0 saturated carbocycles. The smallest absolute Gasteiger partial charge is 0.481 e. The first kappa shape index (κ1) is 46.6. The number of primary amides is 1. The van der Waals surface area contributed by atoms with Crippen LogP contribution in [0, 0.1) is 0 Å². The van der Waals surface area contributed by atoms with Crippen LogP contribution in [-0.2, 0) is 37.2 Å². The number of piperidine rings is 1. The molecule has 26 nitrogen and oxygen atoms in total. The molecule has 3 aromatic heterocycles. The molecular formula is C30H43ClN11O15P2. The van der Waals surface area contributed by atoms with Gasteiger partial charge in [0.25, 0.3) is 6.23 Å². The summed E-state index contributed by atoms with van der Waals surface area (Å²) in [6.45, 7) is 5.35. The lowest BCUT2D eigenvalue weighted by molar-refractivity contribution is -0.765. The quantitative estimate of drug-likeness (QED) is 0.0265. The molecule has 3 aliphatic rings. The van der Waals surface area contributed by atoms with Gasteiger partial charge in [-0.25, -0.2) is 24.1 Å². The first-order valence-electron chi connectivity index (χ1n) is 17.6. The second-order valence-corrected chi connectivity index (χ2v) is 18.2. The van der Waals surface area contributed by atoms with E-state index in [2.05, 4.69) is 34.6 Å². The number of hydrogen-bond acceptors (Lipinski definition) is 18. The molecule has 10 atom stereocenters. The van der Waals surface area contributed by atoms with Crippen molar-refractivity contribution >= 4 is 44.5 Å². The minimum absolute atomic E-state index is 0. The van der Waals surface area contributed by atoms with Crippen LogP contribution in [0.2, 0.25) is 0 Å². The highest BCUT2D eigenvalue weighted by Crippen LogP contribution is 2.61.